The minimum absolute atomic E-state index is 0.122. The van der Waals surface area contributed by atoms with E-state index in [9.17, 15) is 9.59 Å². The molecule has 3 heterocycles. The summed E-state index contributed by atoms with van der Waals surface area (Å²) in [6.45, 7) is 1.05. The number of nitrogens with one attached hydrogen (secondary N) is 1. The van der Waals surface area contributed by atoms with E-state index in [1.165, 1.54) is 4.68 Å². The third-order valence-corrected chi connectivity index (χ3v) is 6.06. The lowest BCUT2D eigenvalue weighted by Gasteiger charge is -2.28. The highest BCUT2D eigenvalue weighted by Crippen LogP contribution is 2.30. The zero-order valence-electron chi connectivity index (χ0n) is 19.4. The highest BCUT2D eigenvalue weighted by atomic mass is 16.5. The molecule has 2 aromatic carbocycles. The first-order valence-electron chi connectivity index (χ1n) is 11.2. The third-order valence-electron chi connectivity index (χ3n) is 6.06. The Morgan fingerprint density at radius 2 is 1.77 bits per heavy atom. The van der Waals surface area contributed by atoms with Gasteiger partial charge in [-0.1, -0.05) is 0 Å². The third kappa shape index (κ3) is 3.93. The number of nitrogens with zero attached hydrogens (tertiary/aromatic N) is 5. The smallest absolute Gasteiger partial charge is 0.277 e. The van der Waals surface area contributed by atoms with Crippen LogP contribution in [0.2, 0.25) is 0 Å². The van der Waals surface area contributed by atoms with Crippen molar-refractivity contribution in [2.45, 2.75) is 13.0 Å². The van der Waals surface area contributed by atoms with E-state index in [1.807, 2.05) is 42.1 Å². The van der Waals surface area contributed by atoms with E-state index in [4.69, 9.17) is 10.5 Å². The van der Waals surface area contributed by atoms with E-state index in [0.717, 1.165) is 17.2 Å². The maximum atomic E-state index is 13.7. The van der Waals surface area contributed by atoms with Gasteiger partial charge < -0.3 is 25.3 Å². The van der Waals surface area contributed by atoms with Gasteiger partial charge in [-0.25, -0.2) is 9.67 Å². The molecular formula is C25H25N7O3. The van der Waals surface area contributed by atoms with Crippen LogP contribution in [0.4, 0.5) is 5.69 Å². The molecule has 0 saturated heterocycles. The highest BCUT2D eigenvalue weighted by Gasteiger charge is 2.34. The van der Waals surface area contributed by atoms with E-state index in [-0.39, 0.29) is 11.6 Å². The van der Waals surface area contributed by atoms with Crippen LogP contribution in [0.25, 0.3) is 11.4 Å². The molecule has 4 aromatic rings. The van der Waals surface area contributed by atoms with Crippen molar-refractivity contribution in [3.63, 3.8) is 0 Å². The summed E-state index contributed by atoms with van der Waals surface area (Å²) in [5.74, 6) is 0.667. The second-order valence-corrected chi connectivity index (χ2v) is 8.12. The maximum absolute atomic E-state index is 13.7. The van der Waals surface area contributed by atoms with E-state index in [2.05, 4.69) is 15.4 Å². The lowest BCUT2D eigenvalue weighted by molar-refractivity contribution is 0.0972. The second kappa shape index (κ2) is 9.07. The molecule has 5 rings (SSSR count). The first kappa shape index (κ1) is 22.4. The zero-order valence-corrected chi connectivity index (χ0v) is 19.4. The molecule has 0 fully saturated rings. The predicted octanol–water partition coefficient (Wildman–Crippen LogP) is 2.09. The van der Waals surface area contributed by atoms with Gasteiger partial charge in [0, 0.05) is 35.9 Å². The SMILES string of the molecule is CNCc1nccn1-c1ccc(N2CCc3c(C(N)=O)nn(-c4ccc(OC)cc4)c3C2=O)cc1. The van der Waals surface area contributed by atoms with Gasteiger partial charge in [0.05, 0.1) is 19.3 Å². The normalized spacial score (nSPS) is 13.1. The van der Waals surface area contributed by atoms with E-state index >= 15 is 0 Å². The summed E-state index contributed by atoms with van der Waals surface area (Å²) in [6, 6.07) is 14.8. The van der Waals surface area contributed by atoms with Gasteiger partial charge in [0.25, 0.3) is 11.8 Å². The van der Waals surface area contributed by atoms with Crippen molar-refractivity contribution in [3.8, 4) is 17.1 Å². The average Bonchev–Trinajstić information content (AvgIpc) is 3.50. The van der Waals surface area contributed by atoms with Crippen molar-refractivity contribution in [1.82, 2.24) is 24.6 Å². The predicted molar refractivity (Wildman–Crippen MR) is 130 cm³/mol. The number of carbonyl (C=O) groups excluding carboxylic acids is 2. The van der Waals surface area contributed by atoms with E-state index < -0.39 is 5.91 Å². The average molecular weight is 472 g/mol. The molecule has 3 N–H and O–H groups in total. The van der Waals surface area contributed by atoms with Crippen LogP contribution in [0.5, 0.6) is 5.75 Å². The van der Waals surface area contributed by atoms with Crippen molar-refractivity contribution in [3.05, 3.63) is 83.7 Å². The Morgan fingerprint density at radius 1 is 1.09 bits per heavy atom. The number of amides is 2. The number of anilines is 1. The summed E-state index contributed by atoms with van der Waals surface area (Å²) in [5, 5.41) is 7.52. The number of hydrogen-bond acceptors (Lipinski definition) is 6. The number of ether oxygens (including phenoxy) is 1. The lowest BCUT2D eigenvalue weighted by atomic mass is 10.0. The van der Waals surface area contributed by atoms with Crippen LogP contribution in [0.3, 0.4) is 0 Å². The largest absolute Gasteiger partial charge is 0.497 e. The summed E-state index contributed by atoms with van der Waals surface area (Å²) in [7, 11) is 3.45. The van der Waals surface area contributed by atoms with Gasteiger partial charge in [0.1, 0.15) is 17.3 Å². The molecule has 0 saturated carbocycles. The van der Waals surface area contributed by atoms with Crippen LogP contribution >= 0.6 is 0 Å². The van der Waals surface area contributed by atoms with Crippen molar-refractivity contribution < 1.29 is 14.3 Å². The molecule has 0 atom stereocenters. The van der Waals surface area contributed by atoms with E-state index in [1.54, 1.807) is 42.5 Å². The minimum Gasteiger partial charge on any atom is -0.497 e. The molecule has 35 heavy (non-hydrogen) atoms. The number of primary amides is 1. The Hall–Kier alpha value is -4.44. The summed E-state index contributed by atoms with van der Waals surface area (Å²) >= 11 is 0. The molecule has 2 aromatic heterocycles. The van der Waals surface area contributed by atoms with Crippen LogP contribution in [-0.4, -0.2) is 51.8 Å². The molecule has 0 bridgehead atoms. The first-order valence-corrected chi connectivity index (χ1v) is 11.2. The number of rotatable bonds is 7. The van der Waals surface area contributed by atoms with Crippen LogP contribution in [0, 0.1) is 0 Å². The fourth-order valence-corrected chi connectivity index (χ4v) is 4.37. The molecule has 1 aliphatic rings. The van der Waals surface area contributed by atoms with Crippen molar-refractivity contribution in [2.75, 3.05) is 25.6 Å². The fraction of sp³-hybridized carbons (Fsp3) is 0.200. The topological polar surface area (TPSA) is 120 Å². The monoisotopic (exact) mass is 471 g/mol. The summed E-state index contributed by atoms with van der Waals surface area (Å²) in [6.07, 6.45) is 4.12. The number of benzene rings is 2. The Bertz CT molecular complexity index is 1390. The highest BCUT2D eigenvalue weighted by molar-refractivity contribution is 6.09. The van der Waals surface area contributed by atoms with Crippen LogP contribution in [-0.2, 0) is 13.0 Å². The lowest BCUT2D eigenvalue weighted by Crippen LogP contribution is -2.39. The van der Waals surface area contributed by atoms with E-state index in [0.29, 0.717) is 42.2 Å². The number of fused-ring (bicyclic) bond motifs is 1. The van der Waals surface area contributed by atoms with Crippen LogP contribution < -0.4 is 20.7 Å². The molecule has 10 nitrogen and oxygen atoms in total. The molecule has 0 radical (unpaired) electrons. The van der Waals surface area contributed by atoms with Crippen molar-refractivity contribution in [1.29, 1.82) is 0 Å². The molecule has 0 spiro atoms. The quantitative estimate of drug-likeness (QED) is 0.426. The number of carbonyl (C=O) groups is 2. The van der Waals surface area contributed by atoms with Gasteiger partial charge in [0.2, 0.25) is 0 Å². The Labute approximate surface area is 201 Å². The molecular weight excluding hydrogens is 446 g/mol. The van der Waals surface area contributed by atoms with Crippen LogP contribution in [0.15, 0.2) is 60.9 Å². The Kier molecular flexibility index (Phi) is 5.79. The van der Waals surface area contributed by atoms with Gasteiger partial charge >= 0.3 is 0 Å². The summed E-state index contributed by atoms with van der Waals surface area (Å²) in [4.78, 5) is 31.9. The number of methoxy groups -OCH3 is 1. The molecule has 10 heteroatoms. The van der Waals surface area contributed by atoms with Gasteiger partial charge in [0.15, 0.2) is 5.69 Å². The van der Waals surface area contributed by atoms with Crippen molar-refractivity contribution >= 4 is 17.5 Å². The number of nitrogens with two attached hydrogens (primary N) is 1. The second-order valence-electron chi connectivity index (χ2n) is 8.12. The first-order chi connectivity index (χ1) is 17.0. The Morgan fingerprint density at radius 3 is 2.43 bits per heavy atom. The van der Waals surface area contributed by atoms with Crippen LogP contribution in [0.1, 0.15) is 32.4 Å². The number of aromatic nitrogens is 4. The van der Waals surface area contributed by atoms with Crippen molar-refractivity contribution in [2.24, 2.45) is 5.73 Å². The maximum Gasteiger partial charge on any atom is 0.277 e. The molecule has 178 valence electrons. The molecule has 0 unspecified atom stereocenters. The van der Waals surface area contributed by atoms with Gasteiger partial charge in [-0.15, -0.1) is 0 Å². The number of imidazole rings is 1. The minimum atomic E-state index is -0.656. The molecule has 1 aliphatic heterocycles. The van der Waals surface area contributed by atoms with Gasteiger partial charge in [-0.2, -0.15) is 5.10 Å². The fourth-order valence-electron chi connectivity index (χ4n) is 4.37. The summed E-state index contributed by atoms with van der Waals surface area (Å²) < 4.78 is 8.71. The standard InChI is InChI=1S/C25H25N7O3/c1-27-15-21-28-12-14-30(21)16-3-5-17(6-4-16)31-13-11-20-22(24(26)33)29-32(23(20)25(31)34)18-7-9-19(35-2)10-8-18/h3-10,12,14,27H,11,13,15H2,1-2H3,(H2,26,33). The summed E-state index contributed by atoms with van der Waals surface area (Å²) in [5.41, 5.74) is 8.96. The van der Waals surface area contributed by atoms with Gasteiger partial charge in [-0.05, 0) is 62.0 Å². The zero-order chi connectivity index (χ0) is 24.5. The molecule has 0 aliphatic carbocycles. The molecule has 2 amide bonds. The Balaban J connectivity index is 1.50. The number of hydrogen-bond donors (Lipinski definition) is 2. The van der Waals surface area contributed by atoms with Gasteiger partial charge in [-0.3, -0.25) is 9.59 Å².